The maximum atomic E-state index is 13.0. The Balaban J connectivity index is 2.17. The molecule has 0 aliphatic rings. The largest absolute Gasteiger partial charge is 0.487 e. The third-order valence-electron chi connectivity index (χ3n) is 2.89. The fraction of sp³-hybridized carbons (Fsp3) is 0.214. The average Bonchev–Trinajstić information content (AvgIpc) is 2.34. The highest BCUT2D eigenvalue weighted by atomic mass is 19.1. The van der Waals surface area contributed by atoms with Gasteiger partial charge in [-0.1, -0.05) is 0 Å². The summed E-state index contributed by atoms with van der Waals surface area (Å²) >= 11 is 0. The molecule has 2 aromatic rings. The van der Waals surface area contributed by atoms with Crippen LogP contribution in [0.25, 0.3) is 0 Å². The second-order valence-electron chi connectivity index (χ2n) is 4.32. The SMILES string of the molecule is Cc1cnc(COc2cc(F)cc(F)c2)c(C)c1N. The molecule has 0 bridgehead atoms. The number of hydrogen-bond acceptors (Lipinski definition) is 3. The molecule has 0 aliphatic heterocycles. The zero-order valence-electron chi connectivity index (χ0n) is 10.7. The third kappa shape index (κ3) is 2.99. The highest BCUT2D eigenvalue weighted by molar-refractivity contribution is 5.53. The summed E-state index contributed by atoms with van der Waals surface area (Å²) in [5, 5.41) is 0. The molecule has 0 saturated carbocycles. The van der Waals surface area contributed by atoms with Crippen LogP contribution in [0.15, 0.2) is 24.4 Å². The number of hydrogen-bond donors (Lipinski definition) is 1. The minimum Gasteiger partial charge on any atom is -0.487 e. The van der Waals surface area contributed by atoms with E-state index in [-0.39, 0.29) is 12.4 Å². The maximum absolute atomic E-state index is 13.0. The van der Waals surface area contributed by atoms with Crippen molar-refractivity contribution in [3.8, 4) is 5.75 Å². The number of nitrogens with two attached hydrogens (primary N) is 1. The fourth-order valence-corrected chi connectivity index (χ4v) is 1.70. The van der Waals surface area contributed by atoms with Crippen LogP contribution in [0, 0.1) is 25.5 Å². The second-order valence-corrected chi connectivity index (χ2v) is 4.32. The van der Waals surface area contributed by atoms with Crippen molar-refractivity contribution < 1.29 is 13.5 Å². The highest BCUT2D eigenvalue weighted by Gasteiger charge is 2.08. The van der Waals surface area contributed by atoms with Crippen molar-refractivity contribution in [1.82, 2.24) is 4.98 Å². The van der Waals surface area contributed by atoms with E-state index in [1.54, 1.807) is 6.20 Å². The van der Waals surface area contributed by atoms with Gasteiger partial charge in [-0.15, -0.1) is 0 Å². The van der Waals surface area contributed by atoms with Gasteiger partial charge in [0.05, 0.1) is 5.69 Å². The lowest BCUT2D eigenvalue weighted by Crippen LogP contribution is -2.05. The van der Waals surface area contributed by atoms with Gasteiger partial charge in [-0.3, -0.25) is 4.98 Å². The lowest BCUT2D eigenvalue weighted by molar-refractivity contribution is 0.297. The second kappa shape index (κ2) is 5.22. The Morgan fingerprint density at radius 1 is 1.16 bits per heavy atom. The number of aryl methyl sites for hydroxylation is 1. The Kier molecular flexibility index (Phi) is 3.64. The first-order valence-electron chi connectivity index (χ1n) is 5.77. The number of halogens is 2. The number of pyridine rings is 1. The van der Waals surface area contributed by atoms with Crippen LogP contribution in [0.4, 0.5) is 14.5 Å². The quantitative estimate of drug-likeness (QED) is 0.926. The van der Waals surface area contributed by atoms with E-state index in [1.165, 1.54) is 0 Å². The number of nitrogens with zero attached hydrogens (tertiary/aromatic N) is 1. The maximum Gasteiger partial charge on any atom is 0.131 e. The number of rotatable bonds is 3. The molecule has 1 aromatic heterocycles. The molecule has 19 heavy (non-hydrogen) atoms. The molecule has 1 aromatic carbocycles. The predicted octanol–water partition coefficient (Wildman–Crippen LogP) is 3.14. The van der Waals surface area contributed by atoms with Crippen molar-refractivity contribution in [2.45, 2.75) is 20.5 Å². The zero-order valence-corrected chi connectivity index (χ0v) is 10.7. The summed E-state index contributed by atoms with van der Waals surface area (Å²) in [4.78, 5) is 4.21. The van der Waals surface area contributed by atoms with Crippen LogP contribution in [0.1, 0.15) is 16.8 Å². The first kappa shape index (κ1) is 13.3. The minimum atomic E-state index is -0.678. The van der Waals surface area contributed by atoms with Crippen molar-refractivity contribution in [2.75, 3.05) is 5.73 Å². The molecule has 1 heterocycles. The highest BCUT2D eigenvalue weighted by Crippen LogP contribution is 2.21. The molecule has 0 unspecified atom stereocenters. The smallest absolute Gasteiger partial charge is 0.131 e. The standard InChI is InChI=1S/C14H14F2N2O/c1-8-6-18-13(9(2)14(8)17)7-19-12-4-10(15)3-11(16)5-12/h3-6H,7H2,1-2H3,(H2,17,18). The first-order valence-corrected chi connectivity index (χ1v) is 5.77. The molecular formula is C14H14F2N2O. The number of anilines is 1. The van der Waals surface area contributed by atoms with Crippen LogP contribution in [0.5, 0.6) is 5.75 Å². The van der Waals surface area contributed by atoms with Gasteiger partial charge in [-0.05, 0) is 25.0 Å². The van der Waals surface area contributed by atoms with Gasteiger partial charge >= 0.3 is 0 Å². The van der Waals surface area contributed by atoms with Crippen molar-refractivity contribution >= 4 is 5.69 Å². The first-order chi connectivity index (χ1) is 8.97. The molecule has 0 saturated heterocycles. The van der Waals surface area contributed by atoms with Crippen LogP contribution < -0.4 is 10.5 Å². The molecule has 0 atom stereocenters. The molecule has 0 aliphatic carbocycles. The van der Waals surface area contributed by atoms with E-state index >= 15 is 0 Å². The lowest BCUT2D eigenvalue weighted by atomic mass is 10.1. The summed E-state index contributed by atoms with van der Waals surface area (Å²) in [6, 6.07) is 3.03. The molecular weight excluding hydrogens is 250 g/mol. The van der Waals surface area contributed by atoms with E-state index in [0.717, 1.165) is 29.3 Å². The summed E-state index contributed by atoms with van der Waals surface area (Å²) < 4.78 is 31.3. The molecule has 0 fully saturated rings. The summed E-state index contributed by atoms with van der Waals surface area (Å²) in [7, 11) is 0. The van der Waals surface area contributed by atoms with Crippen LogP contribution in [0.3, 0.4) is 0 Å². The van der Waals surface area contributed by atoms with Crippen molar-refractivity contribution in [2.24, 2.45) is 0 Å². The summed E-state index contributed by atoms with van der Waals surface area (Å²) in [6.07, 6.45) is 1.65. The number of nitrogen functional groups attached to an aromatic ring is 1. The monoisotopic (exact) mass is 264 g/mol. The Bertz CT molecular complexity index is 594. The normalized spacial score (nSPS) is 10.5. The molecule has 2 N–H and O–H groups in total. The van der Waals surface area contributed by atoms with E-state index in [4.69, 9.17) is 10.5 Å². The fourth-order valence-electron chi connectivity index (χ4n) is 1.70. The van der Waals surface area contributed by atoms with E-state index in [0.29, 0.717) is 11.4 Å². The van der Waals surface area contributed by atoms with Gasteiger partial charge in [0.1, 0.15) is 24.0 Å². The molecule has 0 spiro atoms. The van der Waals surface area contributed by atoms with Crippen LogP contribution in [0.2, 0.25) is 0 Å². The Morgan fingerprint density at radius 2 is 1.79 bits per heavy atom. The van der Waals surface area contributed by atoms with Gasteiger partial charge < -0.3 is 10.5 Å². The van der Waals surface area contributed by atoms with Gasteiger partial charge in [-0.25, -0.2) is 8.78 Å². The zero-order chi connectivity index (χ0) is 14.0. The molecule has 0 amide bonds. The Hall–Kier alpha value is -2.17. The summed E-state index contributed by atoms with van der Waals surface area (Å²) in [5.74, 6) is -1.23. The summed E-state index contributed by atoms with van der Waals surface area (Å²) in [6.45, 7) is 3.81. The van der Waals surface area contributed by atoms with E-state index < -0.39 is 11.6 Å². The van der Waals surface area contributed by atoms with Gasteiger partial charge in [0.15, 0.2) is 0 Å². The predicted molar refractivity (Wildman–Crippen MR) is 68.8 cm³/mol. The average molecular weight is 264 g/mol. The van der Waals surface area contributed by atoms with Crippen molar-refractivity contribution in [1.29, 1.82) is 0 Å². The van der Waals surface area contributed by atoms with E-state index in [9.17, 15) is 8.78 Å². The molecule has 2 rings (SSSR count). The van der Waals surface area contributed by atoms with Gasteiger partial charge in [0, 0.05) is 30.1 Å². The number of benzene rings is 1. The minimum absolute atomic E-state index is 0.110. The number of ether oxygens (including phenoxy) is 1. The summed E-state index contributed by atoms with van der Waals surface area (Å²) in [5.41, 5.74) is 8.89. The van der Waals surface area contributed by atoms with Gasteiger partial charge in [0.2, 0.25) is 0 Å². The Labute approximate surface area is 110 Å². The van der Waals surface area contributed by atoms with Crippen LogP contribution >= 0.6 is 0 Å². The topological polar surface area (TPSA) is 48.1 Å². The van der Waals surface area contributed by atoms with Crippen molar-refractivity contribution in [3.63, 3.8) is 0 Å². The molecule has 5 heteroatoms. The molecule has 0 radical (unpaired) electrons. The lowest BCUT2D eigenvalue weighted by Gasteiger charge is -2.11. The van der Waals surface area contributed by atoms with Gasteiger partial charge in [-0.2, -0.15) is 0 Å². The third-order valence-corrected chi connectivity index (χ3v) is 2.89. The van der Waals surface area contributed by atoms with Crippen LogP contribution in [-0.2, 0) is 6.61 Å². The van der Waals surface area contributed by atoms with E-state index in [1.807, 2.05) is 13.8 Å². The Morgan fingerprint density at radius 3 is 2.42 bits per heavy atom. The molecule has 100 valence electrons. The van der Waals surface area contributed by atoms with Crippen LogP contribution in [-0.4, -0.2) is 4.98 Å². The number of aromatic nitrogens is 1. The molecule has 3 nitrogen and oxygen atoms in total. The van der Waals surface area contributed by atoms with Crippen molar-refractivity contribution in [3.05, 3.63) is 52.9 Å². The van der Waals surface area contributed by atoms with Gasteiger partial charge in [0.25, 0.3) is 0 Å². The van der Waals surface area contributed by atoms with E-state index in [2.05, 4.69) is 4.98 Å².